The van der Waals surface area contributed by atoms with Gasteiger partial charge in [-0.25, -0.2) is 17.2 Å². The fourth-order valence-electron chi connectivity index (χ4n) is 3.49. The lowest BCUT2D eigenvalue weighted by molar-refractivity contribution is 0.145. The standard InChI is InChI=1S/C16H22F2N4O3S/c1-16(2,11-4-7-22(8-5-11)13-6-9-25-20-13)26(23,24)14-10-12(15(17)18)19-21(14)3/h6,9-11,15H,4-5,7-8H2,1-3H3. The van der Waals surface area contributed by atoms with E-state index >= 15 is 0 Å². The Morgan fingerprint density at radius 2 is 1.96 bits per heavy atom. The number of nitrogens with zero attached hydrogens (tertiary/aromatic N) is 4. The van der Waals surface area contributed by atoms with Crippen molar-refractivity contribution in [1.29, 1.82) is 0 Å². The van der Waals surface area contributed by atoms with Crippen LogP contribution in [0.3, 0.4) is 0 Å². The van der Waals surface area contributed by atoms with Crippen LogP contribution in [-0.4, -0.2) is 41.2 Å². The van der Waals surface area contributed by atoms with Crippen LogP contribution in [-0.2, 0) is 16.9 Å². The Balaban J connectivity index is 1.81. The molecule has 0 N–H and O–H groups in total. The molecule has 0 spiro atoms. The van der Waals surface area contributed by atoms with Gasteiger partial charge in [0.15, 0.2) is 10.8 Å². The van der Waals surface area contributed by atoms with Crippen LogP contribution in [0.25, 0.3) is 0 Å². The van der Waals surface area contributed by atoms with E-state index in [4.69, 9.17) is 4.52 Å². The van der Waals surface area contributed by atoms with Gasteiger partial charge in [0.2, 0.25) is 9.84 Å². The molecule has 0 aromatic carbocycles. The molecule has 3 heterocycles. The van der Waals surface area contributed by atoms with Crippen LogP contribution in [0.15, 0.2) is 27.9 Å². The van der Waals surface area contributed by atoms with Crippen molar-refractivity contribution in [2.24, 2.45) is 13.0 Å². The SMILES string of the molecule is Cn1nc(C(F)F)cc1S(=O)(=O)C(C)(C)C1CCN(c2ccon2)CC1. The normalized spacial score (nSPS) is 17.2. The molecule has 10 heteroatoms. The van der Waals surface area contributed by atoms with Gasteiger partial charge in [-0.15, -0.1) is 0 Å². The summed E-state index contributed by atoms with van der Waals surface area (Å²) in [6, 6.07) is 2.75. The average molecular weight is 388 g/mol. The van der Waals surface area contributed by atoms with Gasteiger partial charge in [-0.2, -0.15) is 5.10 Å². The fraction of sp³-hybridized carbons (Fsp3) is 0.625. The Morgan fingerprint density at radius 1 is 1.31 bits per heavy atom. The molecule has 0 atom stereocenters. The van der Waals surface area contributed by atoms with Gasteiger partial charge >= 0.3 is 0 Å². The van der Waals surface area contributed by atoms with Gasteiger partial charge in [-0.3, -0.25) is 4.68 Å². The molecule has 26 heavy (non-hydrogen) atoms. The van der Waals surface area contributed by atoms with Crippen molar-refractivity contribution in [1.82, 2.24) is 14.9 Å². The zero-order valence-electron chi connectivity index (χ0n) is 14.9. The second kappa shape index (κ2) is 6.64. The van der Waals surface area contributed by atoms with Crippen LogP contribution in [0.4, 0.5) is 14.6 Å². The van der Waals surface area contributed by atoms with E-state index in [1.54, 1.807) is 19.9 Å². The van der Waals surface area contributed by atoms with E-state index in [1.165, 1.54) is 13.3 Å². The molecule has 0 unspecified atom stereocenters. The summed E-state index contributed by atoms with van der Waals surface area (Å²) in [6.45, 7) is 4.63. The van der Waals surface area contributed by atoms with Gasteiger partial charge in [-0.1, -0.05) is 5.16 Å². The number of hydrogen-bond donors (Lipinski definition) is 0. The molecule has 0 radical (unpaired) electrons. The third kappa shape index (κ3) is 3.10. The second-order valence-corrected chi connectivity index (χ2v) is 9.53. The second-order valence-electron chi connectivity index (χ2n) is 7.06. The molecule has 2 aromatic heterocycles. The Morgan fingerprint density at radius 3 is 2.46 bits per heavy atom. The molecule has 2 aromatic rings. The molecule has 144 valence electrons. The minimum absolute atomic E-state index is 0.111. The maximum absolute atomic E-state index is 13.2. The van der Waals surface area contributed by atoms with Crippen molar-refractivity contribution in [3.05, 3.63) is 24.1 Å². The van der Waals surface area contributed by atoms with Crippen LogP contribution in [0, 0.1) is 5.92 Å². The Hall–Kier alpha value is -1.97. The van der Waals surface area contributed by atoms with Gasteiger partial charge in [0.05, 0.1) is 4.75 Å². The van der Waals surface area contributed by atoms with E-state index in [0.29, 0.717) is 25.9 Å². The topological polar surface area (TPSA) is 81.2 Å². The van der Waals surface area contributed by atoms with Crippen LogP contribution in [0.2, 0.25) is 0 Å². The highest BCUT2D eigenvalue weighted by Crippen LogP contribution is 2.39. The summed E-state index contributed by atoms with van der Waals surface area (Å²) in [7, 11) is -2.46. The first kappa shape index (κ1) is 18.8. The van der Waals surface area contributed by atoms with E-state index < -0.39 is 26.7 Å². The summed E-state index contributed by atoms with van der Waals surface area (Å²) >= 11 is 0. The van der Waals surface area contributed by atoms with E-state index in [0.717, 1.165) is 16.6 Å². The Labute approximate surface area is 150 Å². The number of hydrogen-bond acceptors (Lipinski definition) is 6. The first-order valence-electron chi connectivity index (χ1n) is 8.36. The molecule has 1 aliphatic heterocycles. The van der Waals surface area contributed by atoms with Crippen LogP contribution >= 0.6 is 0 Å². The molecular weight excluding hydrogens is 366 g/mol. The number of alkyl halides is 2. The Kier molecular flexibility index (Phi) is 4.80. The molecular formula is C16H22F2N4O3S. The first-order valence-corrected chi connectivity index (χ1v) is 9.85. The summed E-state index contributed by atoms with van der Waals surface area (Å²) in [6.07, 6.45) is -0.00482. The van der Waals surface area contributed by atoms with Gasteiger partial charge in [0, 0.05) is 32.3 Å². The molecule has 0 amide bonds. The predicted octanol–water partition coefficient (Wildman–Crippen LogP) is 2.81. The lowest BCUT2D eigenvalue weighted by atomic mass is 9.86. The number of sulfone groups is 1. The summed E-state index contributed by atoms with van der Waals surface area (Å²) in [5.74, 6) is 0.623. The van der Waals surface area contributed by atoms with E-state index in [2.05, 4.69) is 10.3 Å². The first-order chi connectivity index (χ1) is 12.1. The number of piperidine rings is 1. The van der Waals surface area contributed by atoms with E-state index in [1.807, 2.05) is 4.90 Å². The molecule has 0 saturated carbocycles. The van der Waals surface area contributed by atoms with Crippen molar-refractivity contribution in [2.75, 3.05) is 18.0 Å². The number of aryl methyl sites for hydroxylation is 1. The average Bonchev–Trinajstić information content (AvgIpc) is 3.24. The number of halogens is 2. The summed E-state index contributed by atoms with van der Waals surface area (Å²) < 4.78 is 56.9. The van der Waals surface area contributed by atoms with Gasteiger partial charge in [0.25, 0.3) is 6.43 Å². The molecule has 0 bridgehead atoms. The monoisotopic (exact) mass is 388 g/mol. The van der Waals surface area contributed by atoms with Crippen molar-refractivity contribution in [3.8, 4) is 0 Å². The molecule has 1 aliphatic rings. The molecule has 0 aliphatic carbocycles. The van der Waals surface area contributed by atoms with Crippen LogP contribution in [0.1, 0.15) is 38.8 Å². The third-order valence-electron chi connectivity index (χ3n) is 5.27. The number of anilines is 1. The van der Waals surface area contributed by atoms with Gasteiger partial charge in [-0.05, 0) is 32.6 Å². The molecule has 3 rings (SSSR count). The highest BCUT2D eigenvalue weighted by molar-refractivity contribution is 7.92. The van der Waals surface area contributed by atoms with Gasteiger partial charge in [0.1, 0.15) is 12.0 Å². The lowest BCUT2D eigenvalue weighted by Gasteiger charge is -2.40. The highest BCUT2D eigenvalue weighted by Gasteiger charge is 2.45. The van der Waals surface area contributed by atoms with Crippen LogP contribution in [0.5, 0.6) is 0 Å². The van der Waals surface area contributed by atoms with Crippen molar-refractivity contribution in [2.45, 2.75) is 42.9 Å². The molecule has 1 fully saturated rings. The quantitative estimate of drug-likeness (QED) is 0.783. The van der Waals surface area contributed by atoms with Crippen molar-refractivity contribution in [3.63, 3.8) is 0 Å². The third-order valence-corrected chi connectivity index (χ3v) is 7.92. The summed E-state index contributed by atoms with van der Waals surface area (Å²) in [4.78, 5) is 2.04. The molecule has 1 saturated heterocycles. The zero-order chi connectivity index (χ0) is 19.1. The maximum atomic E-state index is 13.2. The van der Waals surface area contributed by atoms with Crippen molar-refractivity contribution < 1.29 is 21.7 Å². The largest absolute Gasteiger partial charge is 0.363 e. The summed E-state index contributed by atoms with van der Waals surface area (Å²) in [5.41, 5.74) is -0.525. The van der Waals surface area contributed by atoms with E-state index in [-0.39, 0.29) is 10.9 Å². The van der Waals surface area contributed by atoms with E-state index in [9.17, 15) is 17.2 Å². The lowest BCUT2D eigenvalue weighted by Crippen LogP contribution is -2.46. The maximum Gasteiger partial charge on any atom is 0.282 e. The Bertz CT molecular complexity index is 854. The zero-order valence-corrected chi connectivity index (χ0v) is 15.7. The summed E-state index contributed by atoms with van der Waals surface area (Å²) in [5, 5.41) is 7.38. The fourth-order valence-corrected chi connectivity index (χ4v) is 5.37. The predicted molar refractivity (Wildman–Crippen MR) is 90.9 cm³/mol. The minimum Gasteiger partial charge on any atom is -0.363 e. The number of rotatable bonds is 5. The van der Waals surface area contributed by atoms with Gasteiger partial charge < -0.3 is 9.42 Å². The van der Waals surface area contributed by atoms with Crippen molar-refractivity contribution >= 4 is 15.7 Å². The highest BCUT2D eigenvalue weighted by atomic mass is 32.2. The smallest absolute Gasteiger partial charge is 0.282 e. The number of aromatic nitrogens is 3. The minimum atomic E-state index is -3.84. The van der Waals surface area contributed by atoms with Crippen LogP contribution < -0.4 is 4.90 Å². The molecule has 7 nitrogen and oxygen atoms in total.